The highest BCUT2D eigenvalue weighted by atomic mass is 16.6. The smallest absolute Gasteiger partial charge is 0.407 e. The van der Waals surface area contributed by atoms with Gasteiger partial charge in [-0.2, -0.15) is 5.10 Å². The molecule has 0 spiro atoms. The molecule has 11 heteroatoms. The molecule has 2 aliphatic rings. The standard InChI is InChI=1S/C22H35N7O4/c1-14(2)24-22(31)33-16-5-4-15(10-16)17-11-19(27-26-17)25-21(30)18-12-23-20-13-28(8-9-32-3)6-7-29(18)20/h11-12,14-16,21,30H,4-10,13H2,1-3H3,(H,24,31)(H2,25,26,27)/t15-,16+,21?/m1/s1. The molecule has 0 radical (unpaired) electrons. The lowest BCUT2D eigenvalue weighted by atomic mass is 10.0. The van der Waals surface area contributed by atoms with Gasteiger partial charge in [-0.05, 0) is 33.1 Å². The normalized spacial score (nSPS) is 21.7. The summed E-state index contributed by atoms with van der Waals surface area (Å²) in [7, 11) is 1.71. The minimum atomic E-state index is -0.910. The van der Waals surface area contributed by atoms with Crippen LogP contribution in [-0.2, 0) is 22.6 Å². The first-order valence-electron chi connectivity index (χ1n) is 11.7. The molecule has 11 nitrogen and oxygen atoms in total. The number of carbonyl (C=O) groups is 1. The predicted molar refractivity (Wildman–Crippen MR) is 122 cm³/mol. The van der Waals surface area contributed by atoms with Crippen LogP contribution in [0.2, 0.25) is 0 Å². The molecule has 1 unspecified atom stereocenters. The molecule has 4 N–H and O–H groups in total. The average molecular weight is 462 g/mol. The molecule has 3 heterocycles. The van der Waals surface area contributed by atoms with Crippen LogP contribution in [0.1, 0.15) is 62.5 Å². The number of anilines is 1. The first kappa shape index (κ1) is 23.5. The van der Waals surface area contributed by atoms with Gasteiger partial charge in [0.15, 0.2) is 6.23 Å². The fourth-order valence-electron chi connectivity index (χ4n) is 4.55. The number of aliphatic hydroxyl groups excluding tert-OH is 1. The molecule has 1 fully saturated rings. The van der Waals surface area contributed by atoms with E-state index in [1.807, 2.05) is 19.9 Å². The molecular weight excluding hydrogens is 426 g/mol. The predicted octanol–water partition coefficient (Wildman–Crippen LogP) is 1.94. The van der Waals surface area contributed by atoms with Crippen molar-refractivity contribution >= 4 is 11.9 Å². The van der Waals surface area contributed by atoms with Crippen LogP contribution in [0.25, 0.3) is 0 Å². The minimum Gasteiger partial charge on any atom is -0.446 e. The molecule has 33 heavy (non-hydrogen) atoms. The molecule has 1 aliphatic carbocycles. The third-order valence-electron chi connectivity index (χ3n) is 6.25. The number of hydrogen-bond acceptors (Lipinski definition) is 8. The van der Waals surface area contributed by atoms with Crippen LogP contribution >= 0.6 is 0 Å². The zero-order chi connectivity index (χ0) is 23.4. The van der Waals surface area contributed by atoms with Crippen LogP contribution in [-0.4, -0.2) is 74.8 Å². The Morgan fingerprint density at radius 2 is 2.21 bits per heavy atom. The molecule has 0 saturated heterocycles. The minimum absolute atomic E-state index is 0.0540. The molecule has 1 aliphatic heterocycles. The van der Waals surface area contributed by atoms with E-state index in [1.54, 1.807) is 13.3 Å². The van der Waals surface area contributed by atoms with E-state index in [-0.39, 0.29) is 24.2 Å². The van der Waals surface area contributed by atoms with E-state index in [2.05, 4.69) is 35.3 Å². The summed E-state index contributed by atoms with van der Waals surface area (Å²) in [5.74, 6) is 1.75. The summed E-state index contributed by atoms with van der Waals surface area (Å²) in [5, 5.41) is 24.0. The van der Waals surface area contributed by atoms with Gasteiger partial charge < -0.3 is 29.8 Å². The van der Waals surface area contributed by atoms with Crippen molar-refractivity contribution in [3.05, 3.63) is 29.5 Å². The van der Waals surface area contributed by atoms with Crippen molar-refractivity contribution in [2.45, 2.75) is 70.5 Å². The van der Waals surface area contributed by atoms with Crippen molar-refractivity contribution in [2.24, 2.45) is 0 Å². The highest BCUT2D eigenvalue weighted by Gasteiger charge is 2.30. The van der Waals surface area contributed by atoms with Crippen molar-refractivity contribution in [1.82, 2.24) is 30.0 Å². The Morgan fingerprint density at radius 3 is 3.00 bits per heavy atom. The number of alkyl carbamates (subject to hydrolysis) is 1. The van der Waals surface area contributed by atoms with E-state index in [1.165, 1.54) is 0 Å². The van der Waals surface area contributed by atoms with Gasteiger partial charge in [0.2, 0.25) is 0 Å². The van der Waals surface area contributed by atoms with Crippen LogP contribution in [0.15, 0.2) is 12.3 Å². The highest BCUT2D eigenvalue weighted by molar-refractivity contribution is 5.67. The second-order valence-electron chi connectivity index (χ2n) is 9.11. The van der Waals surface area contributed by atoms with E-state index < -0.39 is 6.23 Å². The first-order chi connectivity index (χ1) is 15.9. The Balaban J connectivity index is 1.31. The fraction of sp³-hybridized carbons (Fsp3) is 0.682. The van der Waals surface area contributed by atoms with Crippen molar-refractivity contribution < 1.29 is 19.4 Å². The van der Waals surface area contributed by atoms with Gasteiger partial charge in [0.25, 0.3) is 0 Å². The lowest BCUT2D eigenvalue weighted by Crippen LogP contribution is -2.36. The van der Waals surface area contributed by atoms with Gasteiger partial charge in [-0.15, -0.1) is 0 Å². The number of amides is 1. The number of ether oxygens (including phenoxy) is 2. The lowest BCUT2D eigenvalue weighted by molar-refractivity contribution is 0.0981. The van der Waals surface area contributed by atoms with Gasteiger partial charge in [0, 0.05) is 50.5 Å². The van der Waals surface area contributed by atoms with E-state index in [0.717, 1.165) is 62.7 Å². The quantitative estimate of drug-likeness (QED) is 0.417. The fourth-order valence-corrected chi connectivity index (χ4v) is 4.55. The summed E-state index contributed by atoms with van der Waals surface area (Å²) in [6.07, 6.45) is 2.85. The number of aliphatic hydroxyl groups is 1. The zero-order valence-corrected chi connectivity index (χ0v) is 19.6. The largest absolute Gasteiger partial charge is 0.446 e. The van der Waals surface area contributed by atoms with Crippen molar-refractivity contribution in [3.8, 4) is 0 Å². The Kier molecular flexibility index (Phi) is 7.51. The van der Waals surface area contributed by atoms with Crippen molar-refractivity contribution in [1.29, 1.82) is 0 Å². The maximum absolute atomic E-state index is 11.9. The van der Waals surface area contributed by atoms with Gasteiger partial charge >= 0.3 is 6.09 Å². The molecule has 182 valence electrons. The van der Waals surface area contributed by atoms with Gasteiger partial charge in [-0.3, -0.25) is 10.00 Å². The number of nitrogens with zero attached hydrogens (tertiary/aromatic N) is 4. The van der Waals surface area contributed by atoms with Gasteiger partial charge in [0.05, 0.1) is 25.0 Å². The number of aromatic amines is 1. The first-order valence-corrected chi connectivity index (χ1v) is 11.7. The number of nitrogens with one attached hydrogen (secondary N) is 3. The Hall–Kier alpha value is -2.63. The molecule has 0 aromatic carbocycles. The van der Waals surface area contributed by atoms with Gasteiger partial charge in [0.1, 0.15) is 17.7 Å². The Bertz CT molecular complexity index is 928. The zero-order valence-electron chi connectivity index (χ0n) is 19.6. The number of aromatic nitrogens is 4. The number of imidazole rings is 1. The Labute approximate surface area is 193 Å². The summed E-state index contributed by atoms with van der Waals surface area (Å²) in [5.41, 5.74) is 1.70. The van der Waals surface area contributed by atoms with E-state index >= 15 is 0 Å². The summed E-state index contributed by atoms with van der Waals surface area (Å²) < 4.78 is 12.7. The number of H-pyrrole nitrogens is 1. The third kappa shape index (κ3) is 5.84. The van der Waals surface area contributed by atoms with E-state index in [0.29, 0.717) is 12.4 Å². The molecule has 3 atom stereocenters. The number of methoxy groups -OCH3 is 1. The van der Waals surface area contributed by atoms with Crippen LogP contribution in [0, 0.1) is 0 Å². The van der Waals surface area contributed by atoms with Gasteiger partial charge in [-0.1, -0.05) is 0 Å². The lowest BCUT2D eigenvalue weighted by Gasteiger charge is -2.28. The van der Waals surface area contributed by atoms with Crippen LogP contribution in [0.3, 0.4) is 0 Å². The maximum Gasteiger partial charge on any atom is 0.407 e. The molecule has 0 bridgehead atoms. The van der Waals surface area contributed by atoms with Crippen LogP contribution in [0.5, 0.6) is 0 Å². The summed E-state index contributed by atoms with van der Waals surface area (Å²) >= 11 is 0. The SMILES string of the molecule is COCCN1CCn2c(C(O)Nc3cc([C@@H]4CC[C@H](OC(=O)NC(C)C)C4)[nH]n3)cnc2C1. The number of rotatable bonds is 9. The van der Waals surface area contributed by atoms with E-state index in [9.17, 15) is 9.90 Å². The van der Waals surface area contributed by atoms with Crippen LogP contribution < -0.4 is 10.6 Å². The van der Waals surface area contributed by atoms with Crippen molar-refractivity contribution in [2.75, 3.05) is 32.1 Å². The molecule has 1 saturated carbocycles. The molecular formula is C22H35N7O4. The van der Waals surface area contributed by atoms with E-state index in [4.69, 9.17) is 9.47 Å². The second kappa shape index (κ2) is 10.5. The molecule has 2 aromatic rings. The number of fused-ring (bicyclic) bond motifs is 1. The van der Waals surface area contributed by atoms with Crippen LogP contribution in [0.4, 0.5) is 10.6 Å². The highest BCUT2D eigenvalue weighted by Crippen LogP contribution is 2.36. The maximum atomic E-state index is 11.9. The molecule has 4 rings (SSSR count). The summed E-state index contributed by atoms with van der Waals surface area (Å²) in [6, 6.07) is 1.98. The van der Waals surface area contributed by atoms with Crippen molar-refractivity contribution in [3.63, 3.8) is 0 Å². The second-order valence-corrected chi connectivity index (χ2v) is 9.11. The summed E-state index contributed by atoms with van der Waals surface area (Å²) in [6.45, 7) is 7.77. The monoisotopic (exact) mass is 461 g/mol. The third-order valence-corrected chi connectivity index (χ3v) is 6.25. The topological polar surface area (TPSA) is 130 Å². The summed E-state index contributed by atoms with van der Waals surface area (Å²) in [4.78, 5) is 18.6. The number of carbonyl (C=O) groups excluding carboxylic acids is 1. The molecule has 1 amide bonds. The van der Waals surface area contributed by atoms with Gasteiger partial charge in [-0.25, -0.2) is 9.78 Å². The molecule has 2 aromatic heterocycles. The average Bonchev–Trinajstić information content (AvgIpc) is 3.50. The Morgan fingerprint density at radius 1 is 1.36 bits per heavy atom. The number of hydrogen-bond donors (Lipinski definition) is 4.